The van der Waals surface area contributed by atoms with Gasteiger partial charge in [-0.05, 0) is 72.0 Å². The van der Waals surface area contributed by atoms with Crippen LogP contribution in [0.3, 0.4) is 0 Å². The van der Waals surface area contributed by atoms with E-state index in [2.05, 4.69) is 151 Å². The van der Waals surface area contributed by atoms with Gasteiger partial charge in [-0.1, -0.05) is 110 Å². The fourth-order valence-corrected chi connectivity index (χ4v) is 7.91. The molecule has 50 heavy (non-hydrogen) atoms. The number of rotatable bonds is 5. The van der Waals surface area contributed by atoms with Crippen molar-refractivity contribution in [3.8, 4) is 39.2 Å². The minimum atomic E-state index is 0.866. The molecule has 0 unspecified atom stereocenters. The standard InChI is InChI=1S/C46H33N3O/c1-2-42-47-38-20-9-10-21-39(38)49(42)33-25-23-29(24-26-33)31-15-12-16-32(27-31)46-36-28-41-45(35-18-7-11-22-40(35)50-41)43(30-13-4-3-5-14-30)44(36)34-17-6-8-19-37(34)48-46/h3-8,10-19,21-28H,2,9,20H2,1H3. The van der Waals surface area contributed by atoms with Crippen LogP contribution in [0, 0.1) is 0 Å². The van der Waals surface area contributed by atoms with Gasteiger partial charge in [-0.15, -0.1) is 0 Å². The zero-order chi connectivity index (χ0) is 33.2. The number of aryl methyl sites for hydroxylation is 2. The Morgan fingerprint density at radius 2 is 1.38 bits per heavy atom. The quantitative estimate of drug-likeness (QED) is 0.175. The average Bonchev–Trinajstić information content (AvgIpc) is 3.75. The van der Waals surface area contributed by atoms with Gasteiger partial charge in [-0.2, -0.15) is 0 Å². The predicted molar refractivity (Wildman–Crippen MR) is 207 cm³/mol. The SMILES string of the molecule is CCc1nc2c(n1-c1ccc(-c3cccc(-c4nc5ccccc5c5c(-c6ccccc6)c6c(cc45)oc4ccccc46)c3)cc1)C=CCC2. The van der Waals surface area contributed by atoms with E-state index >= 15 is 0 Å². The Morgan fingerprint density at radius 3 is 2.24 bits per heavy atom. The highest BCUT2D eigenvalue weighted by Gasteiger charge is 2.22. The van der Waals surface area contributed by atoms with Crippen molar-refractivity contribution >= 4 is 49.7 Å². The molecule has 0 aliphatic heterocycles. The van der Waals surface area contributed by atoms with E-state index in [0.29, 0.717) is 0 Å². The number of hydrogen-bond acceptors (Lipinski definition) is 3. The summed E-state index contributed by atoms with van der Waals surface area (Å²) in [5.74, 6) is 1.11. The Morgan fingerprint density at radius 1 is 0.620 bits per heavy atom. The number of hydrogen-bond donors (Lipinski definition) is 0. The van der Waals surface area contributed by atoms with Gasteiger partial charge in [0.25, 0.3) is 0 Å². The summed E-state index contributed by atoms with van der Waals surface area (Å²) >= 11 is 0. The highest BCUT2D eigenvalue weighted by molar-refractivity contribution is 6.27. The molecule has 0 amide bonds. The fourth-order valence-electron chi connectivity index (χ4n) is 7.91. The van der Waals surface area contributed by atoms with Crippen molar-refractivity contribution in [2.75, 3.05) is 0 Å². The van der Waals surface area contributed by atoms with Gasteiger partial charge < -0.3 is 4.42 Å². The Bertz CT molecular complexity index is 2780. The molecule has 0 saturated carbocycles. The zero-order valence-electron chi connectivity index (χ0n) is 27.7. The van der Waals surface area contributed by atoms with E-state index in [1.54, 1.807) is 0 Å². The van der Waals surface area contributed by atoms with Crippen LogP contribution < -0.4 is 0 Å². The molecular weight excluding hydrogens is 611 g/mol. The largest absolute Gasteiger partial charge is 0.456 e. The average molecular weight is 644 g/mol. The zero-order valence-corrected chi connectivity index (χ0v) is 27.7. The van der Waals surface area contributed by atoms with Gasteiger partial charge in [0, 0.05) is 50.2 Å². The number of fused-ring (bicyclic) bond motifs is 7. The summed E-state index contributed by atoms with van der Waals surface area (Å²) in [5.41, 5.74) is 12.9. The van der Waals surface area contributed by atoms with Crippen LogP contribution in [0.2, 0.25) is 0 Å². The van der Waals surface area contributed by atoms with Crippen LogP contribution in [0.25, 0.3) is 88.9 Å². The van der Waals surface area contributed by atoms with E-state index in [1.807, 2.05) is 6.07 Å². The van der Waals surface area contributed by atoms with Crippen molar-refractivity contribution in [3.05, 3.63) is 157 Å². The molecule has 4 nitrogen and oxygen atoms in total. The summed E-state index contributed by atoms with van der Waals surface area (Å²) < 4.78 is 8.89. The normalized spacial score (nSPS) is 12.7. The van der Waals surface area contributed by atoms with Crippen LogP contribution >= 0.6 is 0 Å². The molecular formula is C46H33N3O. The van der Waals surface area contributed by atoms with Gasteiger partial charge in [0.1, 0.15) is 17.0 Å². The van der Waals surface area contributed by atoms with Crippen molar-refractivity contribution < 1.29 is 4.42 Å². The van der Waals surface area contributed by atoms with Gasteiger partial charge >= 0.3 is 0 Å². The number of allylic oxidation sites excluding steroid dienone is 1. The van der Waals surface area contributed by atoms with E-state index in [1.165, 1.54) is 22.3 Å². The first-order valence-electron chi connectivity index (χ1n) is 17.5. The molecule has 1 aliphatic carbocycles. The van der Waals surface area contributed by atoms with E-state index in [9.17, 15) is 0 Å². The lowest BCUT2D eigenvalue weighted by atomic mass is 9.89. The number of furan rings is 1. The smallest absolute Gasteiger partial charge is 0.136 e. The second-order valence-corrected chi connectivity index (χ2v) is 13.1. The molecule has 0 radical (unpaired) electrons. The van der Waals surface area contributed by atoms with Crippen LogP contribution in [-0.2, 0) is 12.8 Å². The van der Waals surface area contributed by atoms with Gasteiger partial charge in [0.15, 0.2) is 0 Å². The van der Waals surface area contributed by atoms with Gasteiger partial charge in [0.05, 0.1) is 22.6 Å². The van der Waals surface area contributed by atoms with Gasteiger partial charge in [-0.25, -0.2) is 9.97 Å². The van der Waals surface area contributed by atoms with E-state index in [-0.39, 0.29) is 0 Å². The Labute approximate surface area is 290 Å². The Kier molecular flexibility index (Phi) is 6.56. The maximum atomic E-state index is 6.57. The molecule has 0 N–H and O–H groups in total. The molecule has 9 aromatic rings. The molecule has 0 saturated heterocycles. The van der Waals surface area contributed by atoms with Gasteiger partial charge in [0.2, 0.25) is 0 Å². The molecule has 10 rings (SSSR count). The van der Waals surface area contributed by atoms with Crippen LogP contribution in [-0.4, -0.2) is 14.5 Å². The van der Waals surface area contributed by atoms with E-state index < -0.39 is 0 Å². The van der Waals surface area contributed by atoms with Crippen LogP contribution in [0.15, 0.2) is 144 Å². The number of nitrogens with zero attached hydrogens (tertiary/aromatic N) is 3. The summed E-state index contributed by atoms with van der Waals surface area (Å²) in [6.07, 6.45) is 7.44. The third kappa shape index (κ3) is 4.45. The second-order valence-electron chi connectivity index (χ2n) is 13.1. The first kappa shape index (κ1) is 28.7. The second kappa shape index (κ2) is 11.4. The third-order valence-corrected chi connectivity index (χ3v) is 10.2. The molecule has 3 heterocycles. The van der Waals surface area contributed by atoms with Crippen LogP contribution in [0.5, 0.6) is 0 Å². The summed E-state index contributed by atoms with van der Waals surface area (Å²) in [5, 5.41) is 5.65. The molecule has 0 fully saturated rings. The van der Waals surface area contributed by atoms with Crippen molar-refractivity contribution in [2.24, 2.45) is 0 Å². The molecule has 0 spiro atoms. The van der Waals surface area contributed by atoms with Crippen molar-refractivity contribution in [1.29, 1.82) is 0 Å². The highest BCUT2D eigenvalue weighted by atomic mass is 16.3. The monoisotopic (exact) mass is 643 g/mol. The van der Waals surface area contributed by atoms with Crippen molar-refractivity contribution in [1.82, 2.24) is 14.5 Å². The minimum Gasteiger partial charge on any atom is -0.456 e. The molecule has 1 aliphatic rings. The van der Waals surface area contributed by atoms with E-state index in [4.69, 9.17) is 14.4 Å². The predicted octanol–water partition coefficient (Wildman–Crippen LogP) is 12.0. The highest BCUT2D eigenvalue weighted by Crippen LogP contribution is 2.46. The molecule has 238 valence electrons. The minimum absolute atomic E-state index is 0.866. The first-order chi connectivity index (χ1) is 24.7. The summed E-state index contributed by atoms with van der Waals surface area (Å²) in [7, 11) is 0. The fraction of sp³-hybridized carbons (Fsp3) is 0.0870. The lowest BCUT2D eigenvalue weighted by Gasteiger charge is -2.16. The Balaban J connectivity index is 1.18. The first-order valence-corrected chi connectivity index (χ1v) is 17.5. The number of pyridine rings is 1. The summed E-state index contributed by atoms with van der Waals surface area (Å²) in [6.45, 7) is 2.18. The van der Waals surface area contributed by atoms with Crippen LogP contribution in [0.4, 0.5) is 0 Å². The van der Waals surface area contributed by atoms with E-state index in [0.717, 1.165) is 96.9 Å². The number of para-hydroxylation sites is 2. The summed E-state index contributed by atoms with van der Waals surface area (Å²) in [4.78, 5) is 10.3. The molecule has 4 heteroatoms. The molecule has 0 bridgehead atoms. The lowest BCUT2D eigenvalue weighted by Crippen LogP contribution is -2.03. The number of aromatic nitrogens is 3. The maximum Gasteiger partial charge on any atom is 0.136 e. The maximum absolute atomic E-state index is 6.57. The molecule has 6 aromatic carbocycles. The van der Waals surface area contributed by atoms with Crippen LogP contribution in [0.1, 0.15) is 30.6 Å². The van der Waals surface area contributed by atoms with Crippen molar-refractivity contribution in [3.63, 3.8) is 0 Å². The topological polar surface area (TPSA) is 43.9 Å². The third-order valence-electron chi connectivity index (χ3n) is 10.2. The molecule has 0 atom stereocenters. The number of imidazole rings is 1. The number of benzene rings is 6. The lowest BCUT2D eigenvalue weighted by molar-refractivity contribution is 0.669. The van der Waals surface area contributed by atoms with Crippen molar-refractivity contribution in [2.45, 2.75) is 26.2 Å². The molecule has 3 aromatic heterocycles. The summed E-state index contributed by atoms with van der Waals surface area (Å²) in [6, 6.07) is 47.5. The Hall–Kier alpha value is -6.26. The van der Waals surface area contributed by atoms with Gasteiger partial charge in [-0.3, -0.25) is 4.57 Å².